The monoisotopic (exact) mass is 331 g/mol. The molecule has 1 nitrogen and oxygen atoms in total. The van der Waals surface area contributed by atoms with Crippen LogP contribution in [0.25, 0.3) is 0 Å². The van der Waals surface area contributed by atoms with Gasteiger partial charge >= 0.3 is 0 Å². The zero-order valence-corrected chi connectivity index (χ0v) is 12.7. The zero-order chi connectivity index (χ0) is 15.4. The molecule has 2 aromatic carbocycles. The Morgan fingerprint density at radius 1 is 1.10 bits per heavy atom. The van der Waals surface area contributed by atoms with Crippen molar-refractivity contribution < 1.29 is 13.2 Å². The summed E-state index contributed by atoms with van der Waals surface area (Å²) in [4.78, 5) is 0.501. The third-order valence-electron chi connectivity index (χ3n) is 2.91. The number of hydrogen-bond donors (Lipinski definition) is 1. The number of thioether (sulfide) groups is 1. The molecular weight excluding hydrogens is 319 g/mol. The van der Waals surface area contributed by atoms with Gasteiger partial charge in [0.25, 0.3) is 5.76 Å². The summed E-state index contributed by atoms with van der Waals surface area (Å²) in [5.41, 5.74) is 1.53. The Bertz CT molecular complexity index is 604. The summed E-state index contributed by atoms with van der Waals surface area (Å²) in [6.07, 6.45) is 0. The fraction of sp³-hybridized carbons (Fsp3) is 0.200. The first kappa shape index (κ1) is 16.0. The maximum Gasteiger partial charge on any atom is 0.288 e. The van der Waals surface area contributed by atoms with E-state index in [-0.39, 0.29) is 11.1 Å². The van der Waals surface area contributed by atoms with Gasteiger partial charge in [0.05, 0.1) is 5.02 Å². The third-order valence-corrected chi connectivity index (χ3v) is 3.94. The van der Waals surface area contributed by atoms with Gasteiger partial charge in [0.1, 0.15) is 5.82 Å². The highest BCUT2D eigenvalue weighted by Crippen LogP contribution is 2.28. The van der Waals surface area contributed by atoms with Crippen LogP contribution in [0.3, 0.4) is 0 Å². The van der Waals surface area contributed by atoms with Crippen molar-refractivity contribution in [1.29, 1.82) is 0 Å². The van der Waals surface area contributed by atoms with Gasteiger partial charge in [-0.15, -0.1) is 0 Å². The molecule has 0 aliphatic heterocycles. The minimum Gasteiger partial charge on any atom is -0.379 e. The van der Waals surface area contributed by atoms with Crippen LogP contribution in [0.4, 0.5) is 18.9 Å². The van der Waals surface area contributed by atoms with Gasteiger partial charge in [0.15, 0.2) is 0 Å². The van der Waals surface area contributed by atoms with Crippen LogP contribution in [0, 0.1) is 5.82 Å². The molecule has 1 N–H and O–H groups in total. The molecule has 0 saturated carbocycles. The van der Waals surface area contributed by atoms with Crippen molar-refractivity contribution in [2.24, 2.45) is 0 Å². The molecule has 0 heterocycles. The number of rotatable bonds is 5. The lowest BCUT2D eigenvalue weighted by Crippen LogP contribution is -2.06. The molecule has 0 spiro atoms. The van der Waals surface area contributed by atoms with E-state index in [1.807, 2.05) is 6.92 Å². The van der Waals surface area contributed by atoms with Crippen molar-refractivity contribution in [1.82, 2.24) is 0 Å². The van der Waals surface area contributed by atoms with Gasteiger partial charge in [-0.3, -0.25) is 0 Å². The van der Waals surface area contributed by atoms with E-state index < -0.39 is 11.6 Å². The molecule has 2 rings (SSSR count). The molecule has 0 aliphatic rings. The largest absolute Gasteiger partial charge is 0.379 e. The van der Waals surface area contributed by atoms with E-state index in [1.54, 1.807) is 30.3 Å². The van der Waals surface area contributed by atoms with Crippen LogP contribution >= 0.6 is 23.4 Å². The zero-order valence-electron chi connectivity index (χ0n) is 11.1. The Morgan fingerprint density at radius 2 is 1.76 bits per heavy atom. The first-order valence-electron chi connectivity index (χ1n) is 6.22. The van der Waals surface area contributed by atoms with Gasteiger partial charge in [0, 0.05) is 16.6 Å². The minimum absolute atomic E-state index is 0.0827. The summed E-state index contributed by atoms with van der Waals surface area (Å²) in [5.74, 6) is -2.90. The van der Waals surface area contributed by atoms with Crippen molar-refractivity contribution in [3.8, 4) is 0 Å². The minimum atomic E-state index is -2.43. The van der Waals surface area contributed by atoms with Crippen molar-refractivity contribution in [3.05, 3.63) is 58.9 Å². The molecular formula is C15H13ClF3NS. The summed E-state index contributed by atoms with van der Waals surface area (Å²) in [7, 11) is 0. The van der Waals surface area contributed by atoms with E-state index in [9.17, 15) is 13.2 Å². The van der Waals surface area contributed by atoms with Crippen LogP contribution in [-0.2, 0) is 0 Å². The molecule has 0 fully saturated rings. The van der Waals surface area contributed by atoms with Gasteiger partial charge in [0.2, 0.25) is 0 Å². The third kappa shape index (κ3) is 4.58. The molecule has 6 heteroatoms. The maximum atomic E-state index is 13.4. The van der Waals surface area contributed by atoms with Crippen LogP contribution in [-0.4, -0.2) is 5.76 Å². The van der Waals surface area contributed by atoms with Crippen molar-refractivity contribution >= 4 is 29.1 Å². The highest BCUT2D eigenvalue weighted by atomic mass is 35.5. The number of anilines is 1. The Labute approximate surface area is 130 Å². The number of halogens is 4. The van der Waals surface area contributed by atoms with E-state index in [4.69, 9.17) is 11.6 Å². The summed E-state index contributed by atoms with van der Waals surface area (Å²) in [6.45, 7) is 1.88. The molecule has 0 radical (unpaired) electrons. The van der Waals surface area contributed by atoms with Gasteiger partial charge in [-0.25, -0.2) is 4.39 Å². The second kappa shape index (κ2) is 7.09. The molecule has 0 bridgehead atoms. The highest BCUT2D eigenvalue weighted by molar-refractivity contribution is 7.99. The number of nitrogens with one attached hydrogen (secondary N) is 1. The average molecular weight is 332 g/mol. The Balaban J connectivity index is 2.04. The highest BCUT2D eigenvalue weighted by Gasteiger charge is 2.09. The SMILES string of the molecule is CC(Nc1ccc(SC(F)F)cc1)c1ccc(Cl)c(F)c1. The molecule has 0 aliphatic carbocycles. The Kier molecular flexibility index (Phi) is 5.42. The fourth-order valence-electron chi connectivity index (χ4n) is 1.85. The van der Waals surface area contributed by atoms with Crippen LogP contribution in [0.15, 0.2) is 47.4 Å². The molecule has 1 unspecified atom stereocenters. The Hall–Kier alpha value is -1.33. The second-order valence-electron chi connectivity index (χ2n) is 4.44. The molecule has 0 amide bonds. The van der Waals surface area contributed by atoms with E-state index in [0.29, 0.717) is 16.7 Å². The normalized spacial score (nSPS) is 12.5. The predicted molar refractivity (Wildman–Crippen MR) is 81.8 cm³/mol. The summed E-state index contributed by atoms with van der Waals surface area (Å²) in [5, 5.41) is 3.26. The Morgan fingerprint density at radius 3 is 2.33 bits per heavy atom. The number of alkyl halides is 2. The summed E-state index contributed by atoms with van der Waals surface area (Å²) >= 11 is 6.15. The predicted octanol–water partition coefficient (Wildman–Crippen LogP) is 5.97. The standard InChI is InChI=1S/C15H13ClF3NS/c1-9(10-2-7-13(16)14(17)8-10)20-11-3-5-12(6-4-11)21-15(18)19/h2-9,15,20H,1H3. The van der Waals surface area contributed by atoms with Crippen LogP contribution in [0.5, 0.6) is 0 Å². The van der Waals surface area contributed by atoms with E-state index in [1.165, 1.54) is 12.1 Å². The van der Waals surface area contributed by atoms with Crippen molar-refractivity contribution in [2.75, 3.05) is 5.32 Å². The van der Waals surface area contributed by atoms with Crippen LogP contribution in [0.1, 0.15) is 18.5 Å². The molecule has 21 heavy (non-hydrogen) atoms. The number of benzene rings is 2. The van der Waals surface area contributed by atoms with Gasteiger partial charge < -0.3 is 5.32 Å². The topological polar surface area (TPSA) is 12.0 Å². The van der Waals surface area contributed by atoms with Crippen molar-refractivity contribution in [2.45, 2.75) is 23.6 Å². The molecule has 112 valence electrons. The quantitative estimate of drug-likeness (QED) is 0.678. The lowest BCUT2D eigenvalue weighted by atomic mass is 10.1. The van der Waals surface area contributed by atoms with Gasteiger partial charge in [-0.2, -0.15) is 8.78 Å². The van der Waals surface area contributed by atoms with E-state index in [2.05, 4.69) is 5.32 Å². The maximum absolute atomic E-state index is 13.4. The second-order valence-corrected chi connectivity index (χ2v) is 5.91. The van der Waals surface area contributed by atoms with E-state index in [0.717, 1.165) is 11.3 Å². The van der Waals surface area contributed by atoms with E-state index >= 15 is 0 Å². The molecule has 1 atom stereocenters. The first-order chi connectivity index (χ1) is 9.95. The smallest absolute Gasteiger partial charge is 0.288 e. The van der Waals surface area contributed by atoms with Crippen molar-refractivity contribution in [3.63, 3.8) is 0 Å². The first-order valence-corrected chi connectivity index (χ1v) is 7.48. The molecule has 0 saturated heterocycles. The van der Waals surface area contributed by atoms with Gasteiger partial charge in [-0.1, -0.05) is 29.4 Å². The fourth-order valence-corrected chi connectivity index (χ4v) is 2.46. The lowest BCUT2D eigenvalue weighted by Gasteiger charge is -2.16. The lowest BCUT2D eigenvalue weighted by molar-refractivity contribution is 0.252. The summed E-state index contributed by atoms with van der Waals surface area (Å²) < 4.78 is 37.9. The number of hydrogen-bond acceptors (Lipinski definition) is 2. The molecule has 0 aromatic heterocycles. The summed E-state index contributed by atoms with van der Waals surface area (Å²) in [6, 6.07) is 11.2. The molecule has 2 aromatic rings. The van der Waals surface area contributed by atoms with Crippen LogP contribution < -0.4 is 5.32 Å². The van der Waals surface area contributed by atoms with Crippen LogP contribution in [0.2, 0.25) is 5.02 Å². The average Bonchev–Trinajstić information content (AvgIpc) is 2.43. The van der Waals surface area contributed by atoms with Gasteiger partial charge in [-0.05, 0) is 48.9 Å².